The minimum atomic E-state index is -0.535. The van der Waals surface area contributed by atoms with Crippen LogP contribution in [0.2, 0.25) is 0 Å². The van der Waals surface area contributed by atoms with Crippen LogP contribution in [-0.4, -0.2) is 21.0 Å². The molecule has 0 unspecified atom stereocenters. The lowest BCUT2D eigenvalue weighted by atomic mass is 9.98. The highest BCUT2D eigenvalue weighted by Gasteiger charge is 2.27. The van der Waals surface area contributed by atoms with Gasteiger partial charge in [0.15, 0.2) is 0 Å². The number of carbonyl (C=O) groups is 1. The lowest BCUT2D eigenvalue weighted by molar-refractivity contribution is -0.384. The van der Waals surface area contributed by atoms with Crippen LogP contribution in [0.3, 0.4) is 0 Å². The molecular formula is C20H20N4O4. The minimum absolute atomic E-state index is 0.0201. The number of rotatable bonds is 7. The fourth-order valence-corrected chi connectivity index (χ4v) is 2.73. The first-order chi connectivity index (χ1) is 13.5. The second-order valence-electron chi connectivity index (χ2n) is 6.47. The van der Waals surface area contributed by atoms with Crippen LogP contribution in [0.1, 0.15) is 42.6 Å². The molecule has 8 heteroatoms. The maximum Gasteiger partial charge on any atom is 0.270 e. The summed E-state index contributed by atoms with van der Waals surface area (Å²) in [4.78, 5) is 27.5. The molecule has 2 atom stereocenters. The molecule has 0 saturated heterocycles. The van der Waals surface area contributed by atoms with Crippen LogP contribution in [0.25, 0.3) is 11.4 Å². The van der Waals surface area contributed by atoms with Crippen LogP contribution in [0.15, 0.2) is 59.1 Å². The first kappa shape index (κ1) is 19.2. The van der Waals surface area contributed by atoms with Gasteiger partial charge in [-0.3, -0.25) is 14.9 Å². The summed E-state index contributed by atoms with van der Waals surface area (Å²) >= 11 is 0. The van der Waals surface area contributed by atoms with Gasteiger partial charge in [-0.1, -0.05) is 61.8 Å². The molecule has 28 heavy (non-hydrogen) atoms. The van der Waals surface area contributed by atoms with E-state index in [2.05, 4.69) is 15.5 Å². The predicted octanol–water partition coefficient (Wildman–Crippen LogP) is 4.16. The summed E-state index contributed by atoms with van der Waals surface area (Å²) in [7, 11) is 0. The number of aromatic nitrogens is 2. The van der Waals surface area contributed by atoms with E-state index in [0.717, 1.165) is 12.0 Å². The summed E-state index contributed by atoms with van der Waals surface area (Å²) in [6, 6.07) is 14.5. The molecule has 3 aromatic rings. The van der Waals surface area contributed by atoms with Gasteiger partial charge in [0.2, 0.25) is 11.7 Å². The van der Waals surface area contributed by atoms with Crippen molar-refractivity contribution in [3.8, 4) is 11.4 Å². The second-order valence-corrected chi connectivity index (χ2v) is 6.47. The Hall–Kier alpha value is -3.55. The average Bonchev–Trinajstić information content (AvgIpc) is 3.22. The smallest absolute Gasteiger partial charge is 0.270 e. The van der Waals surface area contributed by atoms with Crippen molar-refractivity contribution < 1.29 is 14.2 Å². The summed E-state index contributed by atoms with van der Waals surface area (Å²) in [5.74, 6) is 0.320. The van der Waals surface area contributed by atoms with E-state index in [0.29, 0.717) is 11.7 Å². The third kappa shape index (κ3) is 4.22. The second kappa shape index (κ2) is 8.43. The van der Waals surface area contributed by atoms with Crippen LogP contribution in [-0.2, 0) is 0 Å². The molecule has 1 amide bonds. The maximum absolute atomic E-state index is 12.7. The monoisotopic (exact) mass is 380 g/mol. The zero-order chi connectivity index (χ0) is 20.1. The van der Waals surface area contributed by atoms with Crippen LogP contribution in [0, 0.1) is 16.0 Å². The first-order valence-electron chi connectivity index (χ1n) is 8.94. The van der Waals surface area contributed by atoms with Gasteiger partial charge in [-0.15, -0.1) is 0 Å². The Bertz CT molecular complexity index is 971. The molecule has 1 heterocycles. The van der Waals surface area contributed by atoms with Gasteiger partial charge in [-0.2, -0.15) is 4.98 Å². The first-order valence-corrected chi connectivity index (χ1v) is 8.94. The topological polar surface area (TPSA) is 111 Å². The molecule has 0 radical (unpaired) electrons. The summed E-state index contributed by atoms with van der Waals surface area (Å²) in [5.41, 5.74) is 0.868. The predicted molar refractivity (Wildman–Crippen MR) is 102 cm³/mol. The van der Waals surface area contributed by atoms with Gasteiger partial charge in [0.1, 0.15) is 6.04 Å². The van der Waals surface area contributed by atoms with Gasteiger partial charge in [-0.05, 0) is 12.0 Å². The quantitative estimate of drug-likeness (QED) is 0.486. The zero-order valence-corrected chi connectivity index (χ0v) is 15.5. The van der Waals surface area contributed by atoms with Gasteiger partial charge in [0.25, 0.3) is 11.6 Å². The van der Waals surface area contributed by atoms with Gasteiger partial charge >= 0.3 is 0 Å². The van der Waals surface area contributed by atoms with Crippen LogP contribution >= 0.6 is 0 Å². The largest absolute Gasteiger partial charge is 0.340 e. The molecule has 8 nitrogen and oxygen atoms in total. The molecule has 0 aliphatic heterocycles. The number of benzene rings is 2. The van der Waals surface area contributed by atoms with E-state index < -0.39 is 16.9 Å². The molecule has 0 bridgehead atoms. The van der Waals surface area contributed by atoms with E-state index in [4.69, 9.17) is 4.52 Å². The molecule has 0 saturated carbocycles. The van der Waals surface area contributed by atoms with Crippen LogP contribution in [0.5, 0.6) is 0 Å². The molecule has 0 spiro atoms. The normalized spacial score (nSPS) is 12.9. The number of amides is 1. The average molecular weight is 380 g/mol. The van der Waals surface area contributed by atoms with Crippen molar-refractivity contribution in [2.75, 3.05) is 0 Å². The third-order valence-corrected chi connectivity index (χ3v) is 4.56. The van der Waals surface area contributed by atoms with Crippen LogP contribution in [0.4, 0.5) is 5.69 Å². The summed E-state index contributed by atoms with van der Waals surface area (Å²) in [6.45, 7) is 3.95. The fraction of sp³-hybridized carbons (Fsp3) is 0.250. The van der Waals surface area contributed by atoms with Crippen molar-refractivity contribution in [2.45, 2.75) is 26.3 Å². The third-order valence-electron chi connectivity index (χ3n) is 4.56. The lowest BCUT2D eigenvalue weighted by Gasteiger charge is -2.20. The Morgan fingerprint density at radius 3 is 2.64 bits per heavy atom. The number of nitrogens with zero attached hydrogens (tertiary/aromatic N) is 3. The number of hydrogen-bond donors (Lipinski definition) is 1. The molecule has 0 fully saturated rings. The maximum atomic E-state index is 12.7. The standard InChI is InChI=1S/C20H20N4O4/c1-3-13(2)17(20-22-18(23-28-20)14-8-5-4-6-9-14)21-19(25)15-10-7-11-16(12-15)24(26)27/h4-13,17H,3H2,1-2H3,(H,21,25)/t13-,17+/m1/s1. The minimum Gasteiger partial charge on any atom is -0.340 e. The fourth-order valence-electron chi connectivity index (χ4n) is 2.73. The van der Waals surface area contributed by atoms with Crippen LogP contribution < -0.4 is 5.32 Å². The van der Waals surface area contributed by atoms with Crippen molar-refractivity contribution in [3.63, 3.8) is 0 Å². The molecule has 0 aliphatic rings. The number of hydrogen-bond acceptors (Lipinski definition) is 6. The van der Waals surface area contributed by atoms with E-state index in [-0.39, 0.29) is 17.2 Å². The van der Waals surface area contributed by atoms with Gasteiger partial charge in [0.05, 0.1) is 4.92 Å². The Morgan fingerprint density at radius 2 is 1.96 bits per heavy atom. The summed E-state index contributed by atoms with van der Waals surface area (Å²) in [6.07, 6.45) is 0.767. The zero-order valence-electron chi connectivity index (χ0n) is 15.5. The number of nitro benzene ring substituents is 1. The Morgan fingerprint density at radius 1 is 1.21 bits per heavy atom. The number of nitro groups is 1. The molecule has 1 aromatic heterocycles. The number of carbonyl (C=O) groups excluding carboxylic acids is 1. The Kier molecular flexibility index (Phi) is 5.78. The highest BCUT2D eigenvalue weighted by atomic mass is 16.6. The number of nitrogens with one attached hydrogen (secondary N) is 1. The van der Waals surface area contributed by atoms with E-state index in [1.54, 1.807) is 0 Å². The van der Waals surface area contributed by atoms with Crippen molar-refractivity contribution >= 4 is 11.6 Å². The Balaban J connectivity index is 1.85. The van der Waals surface area contributed by atoms with E-state index in [1.165, 1.54) is 24.3 Å². The van der Waals surface area contributed by atoms with Gasteiger partial charge in [0, 0.05) is 23.3 Å². The summed E-state index contributed by atoms with van der Waals surface area (Å²) in [5, 5.41) is 17.8. The molecule has 0 aliphatic carbocycles. The SMILES string of the molecule is CC[C@@H](C)[C@H](NC(=O)c1cccc([N+](=O)[O-])c1)c1nc(-c2ccccc2)no1. The van der Waals surface area contributed by atoms with E-state index >= 15 is 0 Å². The van der Waals surface area contributed by atoms with E-state index in [1.807, 2.05) is 44.2 Å². The van der Waals surface area contributed by atoms with Crippen molar-refractivity contribution in [3.05, 3.63) is 76.2 Å². The van der Waals surface area contributed by atoms with E-state index in [9.17, 15) is 14.9 Å². The van der Waals surface area contributed by atoms with Gasteiger partial charge < -0.3 is 9.84 Å². The van der Waals surface area contributed by atoms with Crippen molar-refractivity contribution in [2.24, 2.45) is 5.92 Å². The molecular weight excluding hydrogens is 360 g/mol. The summed E-state index contributed by atoms with van der Waals surface area (Å²) < 4.78 is 5.42. The van der Waals surface area contributed by atoms with Gasteiger partial charge in [-0.25, -0.2) is 0 Å². The van der Waals surface area contributed by atoms with Crippen molar-refractivity contribution in [1.29, 1.82) is 0 Å². The lowest BCUT2D eigenvalue weighted by Crippen LogP contribution is -2.32. The molecule has 144 valence electrons. The molecule has 3 rings (SSSR count). The molecule has 1 N–H and O–H groups in total. The highest BCUT2D eigenvalue weighted by Crippen LogP contribution is 2.26. The molecule has 2 aromatic carbocycles. The highest BCUT2D eigenvalue weighted by molar-refractivity contribution is 5.95. The Labute approximate surface area is 161 Å². The number of non-ortho nitro benzene ring substituents is 1. The van der Waals surface area contributed by atoms with Crippen molar-refractivity contribution in [1.82, 2.24) is 15.5 Å².